The molecule has 0 bridgehead atoms. The van der Waals surface area contributed by atoms with Crippen LogP contribution in [0.1, 0.15) is 25.6 Å². The molecule has 0 fully saturated rings. The fourth-order valence-corrected chi connectivity index (χ4v) is 0.814. The first-order chi connectivity index (χ1) is 6.24. The van der Waals surface area contributed by atoms with Gasteiger partial charge in [0, 0.05) is 5.92 Å². The van der Waals surface area contributed by atoms with Crippen LogP contribution in [0, 0.1) is 11.3 Å². The summed E-state index contributed by atoms with van der Waals surface area (Å²) < 4.78 is 5.00. The summed E-state index contributed by atoms with van der Waals surface area (Å²) in [5, 5.41) is 8.25. The first kappa shape index (κ1) is 9.46. The van der Waals surface area contributed by atoms with Crippen LogP contribution >= 0.6 is 0 Å². The van der Waals surface area contributed by atoms with Crippen LogP contribution in [0.25, 0.3) is 0 Å². The van der Waals surface area contributed by atoms with Gasteiger partial charge in [-0.1, -0.05) is 13.8 Å². The van der Waals surface area contributed by atoms with Crippen molar-refractivity contribution in [3.05, 3.63) is 18.2 Å². The smallest absolute Gasteiger partial charge is 0.174 e. The average molecular weight is 177 g/mol. The summed E-state index contributed by atoms with van der Waals surface area (Å²) in [4.78, 5) is 8.17. The van der Waals surface area contributed by atoms with E-state index >= 15 is 0 Å². The topological polar surface area (TPSA) is 58.8 Å². The lowest BCUT2D eigenvalue weighted by atomic mass is 10.2. The first-order valence-corrected chi connectivity index (χ1v) is 4.05. The number of nitriles is 1. The molecule has 0 spiro atoms. The molecule has 0 saturated carbocycles. The van der Waals surface area contributed by atoms with Crippen molar-refractivity contribution in [1.82, 2.24) is 9.97 Å². The molecule has 0 N–H and O–H groups in total. The molecule has 0 aromatic carbocycles. The van der Waals surface area contributed by atoms with Gasteiger partial charge in [0.05, 0.1) is 12.4 Å². The quantitative estimate of drug-likeness (QED) is 0.702. The van der Waals surface area contributed by atoms with Crippen LogP contribution < -0.4 is 4.74 Å². The molecule has 1 rings (SSSR count). The van der Waals surface area contributed by atoms with Crippen molar-refractivity contribution >= 4 is 0 Å². The lowest BCUT2D eigenvalue weighted by Crippen LogP contribution is -1.99. The molecular formula is C9H11N3O. The van der Waals surface area contributed by atoms with E-state index in [4.69, 9.17) is 10.00 Å². The summed E-state index contributed by atoms with van der Waals surface area (Å²) in [6, 6.07) is 1.88. The van der Waals surface area contributed by atoms with Crippen LogP contribution in [0.2, 0.25) is 0 Å². The number of aromatic nitrogens is 2. The van der Waals surface area contributed by atoms with Gasteiger partial charge in [-0.25, -0.2) is 9.97 Å². The highest BCUT2D eigenvalue weighted by molar-refractivity contribution is 5.13. The Morgan fingerprint density at radius 3 is 2.54 bits per heavy atom. The van der Waals surface area contributed by atoms with Gasteiger partial charge in [0.2, 0.25) is 0 Å². The van der Waals surface area contributed by atoms with Crippen molar-refractivity contribution in [2.24, 2.45) is 0 Å². The molecule has 68 valence electrons. The second kappa shape index (κ2) is 4.41. The zero-order chi connectivity index (χ0) is 9.68. The Morgan fingerprint density at radius 2 is 2.08 bits per heavy atom. The molecule has 13 heavy (non-hydrogen) atoms. The summed E-state index contributed by atoms with van der Waals surface area (Å²) in [5.41, 5.74) is 0. The van der Waals surface area contributed by atoms with Crippen LogP contribution in [0.15, 0.2) is 12.4 Å². The maximum Gasteiger partial charge on any atom is 0.174 e. The van der Waals surface area contributed by atoms with E-state index in [1.165, 1.54) is 0 Å². The minimum Gasteiger partial charge on any atom is -0.476 e. The first-order valence-electron chi connectivity index (χ1n) is 4.05. The molecule has 0 aliphatic heterocycles. The second-order valence-electron chi connectivity index (χ2n) is 2.88. The van der Waals surface area contributed by atoms with E-state index in [9.17, 15) is 0 Å². The molecule has 0 atom stereocenters. The maximum atomic E-state index is 8.25. The normalized spacial score (nSPS) is 9.69. The maximum absolute atomic E-state index is 8.25. The molecule has 0 saturated heterocycles. The van der Waals surface area contributed by atoms with Gasteiger partial charge in [-0.15, -0.1) is 0 Å². The Balaban J connectivity index is 2.65. The van der Waals surface area contributed by atoms with Crippen LogP contribution in [-0.2, 0) is 0 Å². The van der Waals surface area contributed by atoms with Gasteiger partial charge in [-0.05, 0) is 0 Å². The summed E-state index contributed by atoms with van der Waals surface area (Å²) in [6.45, 7) is 4.07. The lowest BCUT2D eigenvalue weighted by Gasteiger charge is -2.03. The van der Waals surface area contributed by atoms with Gasteiger partial charge in [0.25, 0.3) is 0 Å². The van der Waals surface area contributed by atoms with E-state index in [-0.39, 0.29) is 6.61 Å². The Kier molecular flexibility index (Phi) is 3.21. The summed E-state index contributed by atoms with van der Waals surface area (Å²) in [5.74, 6) is 1.63. The molecule has 0 unspecified atom stereocenters. The molecule has 0 aliphatic carbocycles. The number of rotatable bonds is 3. The minimum atomic E-state index is 0.0321. The predicted octanol–water partition coefficient (Wildman–Crippen LogP) is 1.50. The molecular weight excluding hydrogens is 166 g/mol. The van der Waals surface area contributed by atoms with Crippen molar-refractivity contribution in [2.45, 2.75) is 19.8 Å². The van der Waals surface area contributed by atoms with Crippen LogP contribution in [0.3, 0.4) is 0 Å². The summed E-state index contributed by atoms with van der Waals surface area (Å²) in [7, 11) is 0. The largest absolute Gasteiger partial charge is 0.476 e. The Hall–Kier alpha value is -1.63. The molecule has 1 aromatic heterocycles. The standard InChI is InChI=1S/C9H11N3O/c1-7(2)9-11-5-8(6-12-9)13-4-3-10/h5-7H,4H2,1-2H3. The van der Waals surface area contributed by atoms with Gasteiger partial charge >= 0.3 is 0 Å². The van der Waals surface area contributed by atoms with Crippen molar-refractivity contribution in [1.29, 1.82) is 5.26 Å². The molecule has 0 aliphatic rings. The lowest BCUT2D eigenvalue weighted by molar-refractivity contribution is 0.364. The van der Waals surface area contributed by atoms with Crippen LogP contribution in [0.4, 0.5) is 0 Å². The Morgan fingerprint density at radius 1 is 1.46 bits per heavy atom. The number of ether oxygens (including phenoxy) is 1. The number of nitrogens with zero attached hydrogens (tertiary/aromatic N) is 3. The molecule has 0 radical (unpaired) electrons. The van der Waals surface area contributed by atoms with Gasteiger partial charge in [0.15, 0.2) is 12.4 Å². The average Bonchev–Trinajstić information content (AvgIpc) is 2.15. The van der Waals surface area contributed by atoms with Crippen molar-refractivity contribution < 1.29 is 4.74 Å². The fraction of sp³-hybridized carbons (Fsp3) is 0.444. The Labute approximate surface area is 77.2 Å². The van der Waals surface area contributed by atoms with E-state index < -0.39 is 0 Å². The zero-order valence-corrected chi connectivity index (χ0v) is 7.69. The van der Waals surface area contributed by atoms with E-state index in [0.29, 0.717) is 11.7 Å². The van der Waals surface area contributed by atoms with E-state index in [1.54, 1.807) is 12.4 Å². The highest BCUT2D eigenvalue weighted by Gasteiger charge is 2.01. The molecule has 4 nitrogen and oxygen atoms in total. The van der Waals surface area contributed by atoms with Crippen LogP contribution in [0.5, 0.6) is 5.75 Å². The third kappa shape index (κ3) is 2.71. The molecule has 0 amide bonds. The molecule has 1 aromatic rings. The second-order valence-corrected chi connectivity index (χ2v) is 2.88. The zero-order valence-electron chi connectivity index (χ0n) is 7.69. The fourth-order valence-electron chi connectivity index (χ4n) is 0.814. The number of hydrogen-bond acceptors (Lipinski definition) is 4. The van der Waals surface area contributed by atoms with E-state index in [2.05, 4.69) is 9.97 Å². The third-order valence-corrected chi connectivity index (χ3v) is 1.47. The molecule has 1 heterocycles. The number of hydrogen-bond donors (Lipinski definition) is 0. The SMILES string of the molecule is CC(C)c1ncc(OCC#N)cn1. The molecule has 4 heteroatoms. The van der Waals surface area contributed by atoms with E-state index in [1.807, 2.05) is 19.9 Å². The Bertz CT molecular complexity index is 300. The van der Waals surface area contributed by atoms with Crippen LogP contribution in [-0.4, -0.2) is 16.6 Å². The predicted molar refractivity (Wildman–Crippen MR) is 47.2 cm³/mol. The van der Waals surface area contributed by atoms with Crippen molar-refractivity contribution in [3.63, 3.8) is 0 Å². The third-order valence-electron chi connectivity index (χ3n) is 1.47. The van der Waals surface area contributed by atoms with Gasteiger partial charge in [-0.3, -0.25) is 0 Å². The summed E-state index contributed by atoms with van der Waals surface area (Å²) >= 11 is 0. The van der Waals surface area contributed by atoms with Crippen molar-refractivity contribution in [2.75, 3.05) is 6.61 Å². The van der Waals surface area contributed by atoms with Gasteiger partial charge < -0.3 is 4.74 Å². The summed E-state index contributed by atoms with van der Waals surface area (Å²) in [6.07, 6.45) is 3.17. The minimum absolute atomic E-state index is 0.0321. The van der Waals surface area contributed by atoms with Gasteiger partial charge in [-0.2, -0.15) is 5.26 Å². The highest BCUT2D eigenvalue weighted by Crippen LogP contribution is 2.11. The van der Waals surface area contributed by atoms with Gasteiger partial charge in [0.1, 0.15) is 11.9 Å². The monoisotopic (exact) mass is 177 g/mol. The van der Waals surface area contributed by atoms with Crippen molar-refractivity contribution in [3.8, 4) is 11.8 Å². The van der Waals surface area contributed by atoms with E-state index in [0.717, 1.165) is 5.82 Å². The highest BCUT2D eigenvalue weighted by atomic mass is 16.5.